The van der Waals surface area contributed by atoms with Gasteiger partial charge in [-0.15, -0.1) is 0 Å². The first kappa shape index (κ1) is 16.2. The molecule has 2 heterocycles. The summed E-state index contributed by atoms with van der Waals surface area (Å²) in [5.74, 6) is 0.479. The summed E-state index contributed by atoms with van der Waals surface area (Å²) in [4.78, 5) is 26.4. The average molecular weight is 305 g/mol. The van der Waals surface area contributed by atoms with E-state index in [9.17, 15) is 9.59 Å². The zero-order valence-corrected chi connectivity index (χ0v) is 13.4. The number of nitrogens with zero attached hydrogens (tertiary/aromatic N) is 4. The summed E-state index contributed by atoms with van der Waals surface area (Å²) in [5, 5.41) is 7.02. The number of likely N-dealkylation sites (N-methyl/N-ethyl adjacent to an activating group) is 1. The van der Waals surface area contributed by atoms with Crippen molar-refractivity contribution in [3.63, 3.8) is 0 Å². The first-order valence-corrected chi connectivity index (χ1v) is 7.60. The Balaban J connectivity index is 2.00. The van der Waals surface area contributed by atoms with Crippen LogP contribution in [-0.2, 0) is 11.3 Å². The summed E-state index contributed by atoms with van der Waals surface area (Å²) in [5.41, 5.74) is 0.276. The van der Waals surface area contributed by atoms with Crippen LogP contribution in [0.1, 0.15) is 19.7 Å². The number of amides is 1. The van der Waals surface area contributed by atoms with Gasteiger partial charge in [-0.2, -0.15) is 5.10 Å². The molecule has 0 bridgehead atoms. The van der Waals surface area contributed by atoms with Crippen molar-refractivity contribution < 1.29 is 4.79 Å². The topological polar surface area (TPSA) is 71.6 Å². The van der Waals surface area contributed by atoms with Crippen molar-refractivity contribution in [3.05, 3.63) is 34.5 Å². The van der Waals surface area contributed by atoms with Gasteiger partial charge in [0, 0.05) is 19.3 Å². The highest BCUT2D eigenvalue weighted by molar-refractivity contribution is 5.75. The molecule has 7 heteroatoms. The van der Waals surface area contributed by atoms with E-state index >= 15 is 0 Å². The molecule has 7 nitrogen and oxygen atoms in total. The second-order valence-corrected chi connectivity index (χ2v) is 5.15. The summed E-state index contributed by atoms with van der Waals surface area (Å²) in [6.45, 7) is 9.21. The Hall–Kier alpha value is -2.15. The molecule has 2 aromatic rings. The van der Waals surface area contributed by atoms with Crippen LogP contribution in [0.3, 0.4) is 0 Å². The number of hydrogen-bond donors (Lipinski definition) is 1. The number of aromatic nitrogens is 3. The fourth-order valence-corrected chi connectivity index (χ4v) is 2.43. The Bertz CT molecular complexity index is 700. The van der Waals surface area contributed by atoms with E-state index in [1.807, 2.05) is 0 Å². The van der Waals surface area contributed by atoms with E-state index in [0.29, 0.717) is 17.9 Å². The monoisotopic (exact) mass is 305 g/mol. The van der Waals surface area contributed by atoms with Crippen molar-refractivity contribution in [1.82, 2.24) is 24.4 Å². The van der Waals surface area contributed by atoms with Gasteiger partial charge in [0.05, 0.1) is 0 Å². The van der Waals surface area contributed by atoms with Crippen molar-refractivity contribution in [1.29, 1.82) is 0 Å². The molecule has 0 atom stereocenters. The Morgan fingerprint density at radius 2 is 2.09 bits per heavy atom. The normalized spacial score (nSPS) is 11.3. The minimum atomic E-state index is -0.255. The predicted molar refractivity (Wildman–Crippen MR) is 85.0 cm³/mol. The summed E-state index contributed by atoms with van der Waals surface area (Å²) < 4.78 is 2.94. The molecule has 1 N–H and O–H groups in total. The van der Waals surface area contributed by atoms with Gasteiger partial charge in [0.25, 0.3) is 5.56 Å². The van der Waals surface area contributed by atoms with Crippen molar-refractivity contribution in [2.24, 2.45) is 0 Å². The second-order valence-electron chi connectivity index (χ2n) is 5.15. The number of fused-ring (bicyclic) bond motifs is 1. The zero-order chi connectivity index (χ0) is 16.1. The van der Waals surface area contributed by atoms with Crippen LogP contribution in [0.2, 0.25) is 0 Å². The number of nitrogens with one attached hydrogen (secondary N) is 1. The molecule has 0 spiro atoms. The van der Waals surface area contributed by atoms with Gasteiger partial charge in [-0.3, -0.25) is 14.0 Å². The smallest absolute Gasteiger partial charge is 0.291 e. The summed E-state index contributed by atoms with van der Waals surface area (Å²) in [6, 6.07) is 3.52. The van der Waals surface area contributed by atoms with Crippen LogP contribution in [0.5, 0.6) is 0 Å². The van der Waals surface area contributed by atoms with Crippen molar-refractivity contribution in [3.8, 4) is 0 Å². The van der Waals surface area contributed by atoms with Gasteiger partial charge in [-0.05, 0) is 32.1 Å². The van der Waals surface area contributed by atoms with E-state index in [4.69, 9.17) is 0 Å². The molecule has 2 rings (SSSR count). The number of aryl methyl sites for hydroxylation is 1. The lowest BCUT2D eigenvalue weighted by Crippen LogP contribution is -2.38. The molecule has 0 saturated heterocycles. The maximum atomic E-state index is 12.2. The van der Waals surface area contributed by atoms with E-state index < -0.39 is 0 Å². The fourth-order valence-electron chi connectivity index (χ4n) is 2.43. The van der Waals surface area contributed by atoms with Gasteiger partial charge in [0.15, 0.2) is 0 Å². The van der Waals surface area contributed by atoms with E-state index in [1.165, 1.54) is 4.68 Å². The van der Waals surface area contributed by atoms with Crippen LogP contribution in [0.25, 0.3) is 5.52 Å². The number of rotatable bonds is 7. The summed E-state index contributed by atoms with van der Waals surface area (Å²) in [7, 11) is 0. The minimum Gasteiger partial charge on any atom is -0.353 e. The molecule has 0 saturated carbocycles. The molecule has 22 heavy (non-hydrogen) atoms. The lowest BCUT2D eigenvalue weighted by Gasteiger charge is -2.18. The lowest BCUT2D eigenvalue weighted by atomic mass is 10.4. The fraction of sp³-hybridized carbons (Fsp3) is 0.533. The maximum Gasteiger partial charge on any atom is 0.291 e. The van der Waals surface area contributed by atoms with Crippen LogP contribution in [0, 0.1) is 6.92 Å². The summed E-state index contributed by atoms with van der Waals surface area (Å²) in [6.07, 6.45) is 1.79. The largest absolute Gasteiger partial charge is 0.353 e. The van der Waals surface area contributed by atoms with Crippen LogP contribution < -0.4 is 10.9 Å². The molecule has 0 aliphatic heterocycles. The third kappa shape index (κ3) is 3.54. The average Bonchev–Trinajstić information content (AvgIpc) is 2.99. The standard InChI is InChI=1S/C15H23N5O2/c1-4-18(5-2)10-8-16-14(21)11-20-15(22)13-7-6-9-19(13)12(3)17-20/h6-7,9H,4-5,8,10-11H2,1-3H3,(H,16,21). The van der Waals surface area contributed by atoms with Crippen LogP contribution in [0.15, 0.2) is 23.1 Å². The third-order valence-corrected chi connectivity index (χ3v) is 3.75. The molecular weight excluding hydrogens is 282 g/mol. The van der Waals surface area contributed by atoms with Gasteiger partial charge in [0.1, 0.15) is 17.9 Å². The van der Waals surface area contributed by atoms with Crippen LogP contribution in [0.4, 0.5) is 0 Å². The molecule has 0 radical (unpaired) electrons. The first-order valence-electron chi connectivity index (χ1n) is 7.60. The molecule has 2 aromatic heterocycles. The Labute approximate surface area is 129 Å². The number of hydrogen-bond acceptors (Lipinski definition) is 4. The molecule has 0 fully saturated rings. The van der Waals surface area contributed by atoms with Crippen molar-refractivity contribution in [2.75, 3.05) is 26.2 Å². The minimum absolute atomic E-state index is 0.0559. The third-order valence-electron chi connectivity index (χ3n) is 3.75. The highest BCUT2D eigenvalue weighted by Crippen LogP contribution is 2.00. The van der Waals surface area contributed by atoms with Crippen molar-refractivity contribution in [2.45, 2.75) is 27.3 Å². The lowest BCUT2D eigenvalue weighted by molar-refractivity contribution is -0.121. The zero-order valence-electron chi connectivity index (χ0n) is 13.4. The highest BCUT2D eigenvalue weighted by Gasteiger charge is 2.10. The first-order chi connectivity index (χ1) is 10.6. The van der Waals surface area contributed by atoms with Gasteiger partial charge in [0.2, 0.25) is 5.91 Å². The molecule has 0 unspecified atom stereocenters. The van der Waals surface area contributed by atoms with E-state index in [1.54, 1.807) is 29.7 Å². The molecule has 1 amide bonds. The molecule has 0 aliphatic rings. The van der Waals surface area contributed by atoms with Gasteiger partial charge < -0.3 is 10.2 Å². The summed E-state index contributed by atoms with van der Waals surface area (Å²) >= 11 is 0. The van der Waals surface area contributed by atoms with E-state index in [0.717, 1.165) is 19.6 Å². The number of carbonyl (C=O) groups excluding carboxylic acids is 1. The van der Waals surface area contributed by atoms with E-state index in [-0.39, 0.29) is 18.0 Å². The predicted octanol–water partition coefficient (Wildman–Crippen LogP) is 0.262. The molecule has 0 aliphatic carbocycles. The van der Waals surface area contributed by atoms with Gasteiger partial charge in [-0.1, -0.05) is 13.8 Å². The quantitative estimate of drug-likeness (QED) is 0.796. The Kier molecular flexibility index (Phi) is 5.32. The molecule has 120 valence electrons. The molecular formula is C15H23N5O2. The van der Waals surface area contributed by atoms with Crippen LogP contribution >= 0.6 is 0 Å². The van der Waals surface area contributed by atoms with Crippen molar-refractivity contribution >= 4 is 11.4 Å². The van der Waals surface area contributed by atoms with Gasteiger partial charge in [-0.25, -0.2) is 4.68 Å². The van der Waals surface area contributed by atoms with E-state index in [2.05, 4.69) is 29.2 Å². The maximum absolute atomic E-state index is 12.2. The van der Waals surface area contributed by atoms with Gasteiger partial charge >= 0.3 is 0 Å². The highest BCUT2D eigenvalue weighted by atomic mass is 16.2. The molecule has 0 aromatic carbocycles. The SMILES string of the molecule is CCN(CC)CCNC(=O)Cn1nc(C)n2cccc2c1=O. The Morgan fingerprint density at radius 3 is 2.77 bits per heavy atom. The number of carbonyl (C=O) groups is 1. The second kappa shape index (κ2) is 7.22. The Morgan fingerprint density at radius 1 is 1.36 bits per heavy atom. The van der Waals surface area contributed by atoms with Crippen LogP contribution in [-0.4, -0.2) is 51.2 Å².